The average molecular weight is 373 g/mol. The van der Waals surface area contributed by atoms with Crippen molar-refractivity contribution in [3.63, 3.8) is 0 Å². The van der Waals surface area contributed by atoms with Gasteiger partial charge in [0.05, 0.1) is 19.8 Å². The molecule has 0 radical (unpaired) electrons. The Morgan fingerprint density at radius 1 is 1.11 bits per heavy atom. The van der Waals surface area contributed by atoms with E-state index >= 15 is 0 Å². The van der Waals surface area contributed by atoms with E-state index in [0.29, 0.717) is 25.3 Å². The average Bonchev–Trinajstić information content (AvgIpc) is 3.17. The van der Waals surface area contributed by atoms with Crippen molar-refractivity contribution in [2.75, 3.05) is 39.6 Å². The molecular weight excluding hydrogens is 351 g/mol. The minimum absolute atomic E-state index is 0.0425. The first-order chi connectivity index (χ1) is 13.2. The number of morpholine rings is 1. The molecule has 7 heteroatoms. The van der Waals surface area contributed by atoms with Gasteiger partial charge in [-0.05, 0) is 36.4 Å². The highest BCUT2D eigenvalue weighted by molar-refractivity contribution is 5.94. The number of amides is 1. The highest BCUT2D eigenvalue weighted by Gasteiger charge is 2.28. The summed E-state index contributed by atoms with van der Waals surface area (Å²) in [6.45, 7) is 3.75. The van der Waals surface area contributed by atoms with E-state index in [4.69, 9.17) is 14.2 Å². The minimum atomic E-state index is -0.422. The van der Waals surface area contributed by atoms with Gasteiger partial charge in [0.25, 0.3) is 5.91 Å². The van der Waals surface area contributed by atoms with Crippen LogP contribution in [0.2, 0.25) is 0 Å². The zero-order valence-electron chi connectivity index (χ0n) is 14.9. The van der Waals surface area contributed by atoms with Gasteiger partial charge in [-0.25, -0.2) is 4.39 Å². The molecule has 27 heavy (non-hydrogen) atoms. The van der Waals surface area contributed by atoms with Crippen LogP contribution < -0.4 is 19.7 Å². The van der Waals surface area contributed by atoms with Crippen molar-refractivity contribution in [2.45, 2.75) is 6.04 Å². The van der Waals surface area contributed by atoms with Crippen LogP contribution in [0.1, 0.15) is 22.0 Å². The molecule has 0 aliphatic carbocycles. The fourth-order valence-corrected chi connectivity index (χ4v) is 3.54. The quantitative estimate of drug-likeness (QED) is 0.819. The van der Waals surface area contributed by atoms with Crippen molar-refractivity contribution in [1.29, 1.82) is 0 Å². The van der Waals surface area contributed by atoms with Crippen molar-refractivity contribution in [2.24, 2.45) is 0 Å². The Morgan fingerprint density at radius 2 is 1.93 bits per heavy atom. The molecule has 0 bridgehead atoms. The normalized spacial score (nSPS) is 17.5. The lowest BCUT2D eigenvalue weighted by Crippen LogP contribution is -3.15. The van der Waals surface area contributed by atoms with Crippen LogP contribution in [-0.4, -0.2) is 45.5 Å². The maximum atomic E-state index is 13.4. The topological polar surface area (TPSA) is 61.2 Å². The van der Waals surface area contributed by atoms with Crippen molar-refractivity contribution in [3.8, 4) is 11.5 Å². The molecule has 1 saturated heterocycles. The first-order valence-electron chi connectivity index (χ1n) is 9.06. The smallest absolute Gasteiger partial charge is 0.251 e. The van der Waals surface area contributed by atoms with E-state index in [2.05, 4.69) is 5.32 Å². The number of halogens is 1. The van der Waals surface area contributed by atoms with Crippen LogP contribution in [0, 0.1) is 5.82 Å². The summed E-state index contributed by atoms with van der Waals surface area (Å²) in [7, 11) is 0. The first kappa shape index (κ1) is 17.8. The summed E-state index contributed by atoms with van der Waals surface area (Å²) >= 11 is 0. The Morgan fingerprint density at radius 3 is 2.74 bits per heavy atom. The maximum absolute atomic E-state index is 13.4. The molecule has 2 aliphatic rings. The Kier molecular flexibility index (Phi) is 5.22. The van der Waals surface area contributed by atoms with E-state index in [0.717, 1.165) is 30.2 Å². The molecule has 1 fully saturated rings. The molecule has 1 amide bonds. The molecule has 2 N–H and O–H groups in total. The lowest BCUT2D eigenvalue weighted by Gasteiger charge is -2.32. The standard InChI is InChI=1S/C20H21FN2O4/c21-16-3-1-2-15(10-16)20(24)22-12-17(23-6-8-25-9-7-23)14-4-5-18-19(11-14)27-13-26-18/h1-5,10-11,17H,6-9,12-13H2,(H,22,24)/p+1/t17-/m0/s1. The lowest BCUT2D eigenvalue weighted by molar-refractivity contribution is -0.937. The third kappa shape index (κ3) is 4.04. The molecule has 2 aliphatic heterocycles. The molecule has 2 heterocycles. The SMILES string of the molecule is O=C(NC[C@@H](c1ccc2c(c1)OCO2)[NH+]1CCOCC1)c1cccc(F)c1. The van der Waals surface area contributed by atoms with Gasteiger partial charge in [-0.1, -0.05) is 6.07 Å². The van der Waals surface area contributed by atoms with Gasteiger partial charge in [-0.15, -0.1) is 0 Å². The second-order valence-electron chi connectivity index (χ2n) is 6.66. The molecule has 0 spiro atoms. The number of hydrogen-bond donors (Lipinski definition) is 2. The molecule has 6 nitrogen and oxygen atoms in total. The van der Waals surface area contributed by atoms with Crippen molar-refractivity contribution in [1.82, 2.24) is 5.32 Å². The number of carbonyl (C=O) groups is 1. The zero-order chi connectivity index (χ0) is 18.6. The zero-order valence-corrected chi connectivity index (χ0v) is 14.9. The largest absolute Gasteiger partial charge is 0.454 e. The van der Waals surface area contributed by atoms with Gasteiger partial charge in [-0.2, -0.15) is 0 Å². The number of carbonyl (C=O) groups excluding carboxylic acids is 1. The molecule has 0 aromatic heterocycles. The highest BCUT2D eigenvalue weighted by atomic mass is 19.1. The van der Waals surface area contributed by atoms with Gasteiger partial charge in [0.1, 0.15) is 24.9 Å². The van der Waals surface area contributed by atoms with Gasteiger partial charge >= 0.3 is 0 Å². The summed E-state index contributed by atoms with van der Waals surface area (Å²) in [6, 6.07) is 11.6. The predicted molar refractivity (Wildman–Crippen MR) is 95.6 cm³/mol. The Labute approximate surface area is 156 Å². The molecule has 0 unspecified atom stereocenters. The lowest BCUT2D eigenvalue weighted by atomic mass is 10.0. The molecule has 4 rings (SSSR count). The van der Waals surface area contributed by atoms with Crippen molar-refractivity contribution in [3.05, 3.63) is 59.4 Å². The molecule has 0 saturated carbocycles. The summed E-state index contributed by atoms with van der Waals surface area (Å²) in [5.41, 5.74) is 1.38. The Bertz CT molecular complexity index is 823. The van der Waals surface area contributed by atoms with Crippen molar-refractivity contribution < 1.29 is 28.3 Å². The van der Waals surface area contributed by atoms with Gasteiger partial charge in [0.15, 0.2) is 11.5 Å². The third-order valence-electron chi connectivity index (χ3n) is 4.98. The van der Waals surface area contributed by atoms with Crippen LogP contribution in [0.3, 0.4) is 0 Å². The van der Waals surface area contributed by atoms with E-state index in [1.807, 2.05) is 18.2 Å². The number of rotatable bonds is 5. The van der Waals surface area contributed by atoms with Crippen LogP contribution in [-0.2, 0) is 4.74 Å². The fraction of sp³-hybridized carbons (Fsp3) is 0.350. The number of ether oxygens (including phenoxy) is 3. The van der Waals surface area contributed by atoms with Crippen LogP contribution in [0.15, 0.2) is 42.5 Å². The van der Waals surface area contributed by atoms with E-state index in [9.17, 15) is 9.18 Å². The summed E-state index contributed by atoms with van der Waals surface area (Å²) in [4.78, 5) is 13.8. The summed E-state index contributed by atoms with van der Waals surface area (Å²) in [5.74, 6) is 0.751. The second-order valence-corrected chi connectivity index (χ2v) is 6.66. The van der Waals surface area contributed by atoms with Gasteiger partial charge in [0.2, 0.25) is 6.79 Å². The number of benzene rings is 2. The van der Waals surface area contributed by atoms with Crippen molar-refractivity contribution >= 4 is 5.91 Å². The minimum Gasteiger partial charge on any atom is -0.454 e. The molecule has 142 valence electrons. The van der Waals surface area contributed by atoms with Gasteiger partial charge < -0.3 is 24.4 Å². The number of nitrogens with one attached hydrogen (secondary N) is 2. The maximum Gasteiger partial charge on any atom is 0.251 e. The molecule has 1 atom stereocenters. The molecule has 2 aromatic carbocycles. The first-order valence-corrected chi connectivity index (χ1v) is 9.06. The number of quaternary nitrogens is 1. The Hall–Kier alpha value is -2.64. The molecular formula is C20H22FN2O4+. The fourth-order valence-electron chi connectivity index (χ4n) is 3.54. The van der Waals surface area contributed by atoms with Crippen LogP contribution in [0.4, 0.5) is 4.39 Å². The van der Waals surface area contributed by atoms with E-state index in [1.165, 1.54) is 23.1 Å². The van der Waals surface area contributed by atoms with Gasteiger partial charge in [0, 0.05) is 11.1 Å². The summed E-state index contributed by atoms with van der Waals surface area (Å²) in [6.07, 6.45) is 0. The second kappa shape index (κ2) is 7.94. The van der Waals surface area contributed by atoms with E-state index in [-0.39, 0.29) is 18.7 Å². The summed E-state index contributed by atoms with van der Waals surface area (Å²) in [5, 5.41) is 2.95. The highest BCUT2D eigenvalue weighted by Crippen LogP contribution is 2.33. The van der Waals surface area contributed by atoms with Crippen LogP contribution in [0.25, 0.3) is 0 Å². The van der Waals surface area contributed by atoms with E-state index < -0.39 is 5.82 Å². The number of hydrogen-bond acceptors (Lipinski definition) is 4. The van der Waals surface area contributed by atoms with Crippen LogP contribution >= 0.6 is 0 Å². The third-order valence-corrected chi connectivity index (χ3v) is 4.98. The van der Waals surface area contributed by atoms with E-state index in [1.54, 1.807) is 6.07 Å². The van der Waals surface area contributed by atoms with Gasteiger partial charge in [-0.3, -0.25) is 4.79 Å². The summed E-state index contributed by atoms with van der Waals surface area (Å²) < 4.78 is 29.7. The monoisotopic (exact) mass is 373 g/mol. The molecule has 2 aromatic rings. The Balaban J connectivity index is 1.52. The predicted octanol–water partition coefficient (Wildman–Crippen LogP) is 0.941. The number of fused-ring (bicyclic) bond motifs is 1. The van der Waals surface area contributed by atoms with Crippen LogP contribution in [0.5, 0.6) is 11.5 Å².